The number of fused-ring (bicyclic) bond motifs is 1. The van der Waals surface area contributed by atoms with E-state index in [-0.39, 0.29) is 17.3 Å². The van der Waals surface area contributed by atoms with Gasteiger partial charge in [0.15, 0.2) is 11.5 Å². The number of ether oxygens (including phenoxy) is 2. The summed E-state index contributed by atoms with van der Waals surface area (Å²) in [6.07, 6.45) is 4.14. The number of benzene rings is 2. The van der Waals surface area contributed by atoms with Crippen molar-refractivity contribution < 1.29 is 22.7 Å². The molecule has 0 radical (unpaired) electrons. The minimum absolute atomic E-state index is 0.116. The number of hydrogen-bond acceptors (Lipinski definition) is 6. The molecule has 2 aliphatic rings. The summed E-state index contributed by atoms with van der Waals surface area (Å²) in [4.78, 5) is 12.7. The molecule has 0 unspecified atom stereocenters. The predicted octanol–water partition coefficient (Wildman–Crippen LogP) is 3.14. The number of anilines is 1. The summed E-state index contributed by atoms with van der Waals surface area (Å²) in [6, 6.07) is 13.1. The molecule has 0 aromatic heterocycles. The molecule has 0 bridgehead atoms. The number of piperidine rings is 1. The van der Waals surface area contributed by atoms with E-state index in [1.54, 1.807) is 30.3 Å². The lowest BCUT2D eigenvalue weighted by atomic mass is 10.1. The Hall–Kier alpha value is -3.35. The van der Waals surface area contributed by atoms with Gasteiger partial charge in [0.2, 0.25) is 16.8 Å². The van der Waals surface area contributed by atoms with Crippen LogP contribution < -0.4 is 14.8 Å². The van der Waals surface area contributed by atoms with Gasteiger partial charge in [-0.25, -0.2) is 8.42 Å². The predicted molar refractivity (Wildman–Crippen MR) is 114 cm³/mol. The van der Waals surface area contributed by atoms with E-state index in [4.69, 9.17) is 9.47 Å². The van der Waals surface area contributed by atoms with Crippen LogP contribution >= 0.6 is 0 Å². The SMILES string of the molecule is N#CC(=Cc1ccc2c(c1)OCO2)C(=O)Nc1cccc(S(=O)(=O)N2CCCCC2)c1. The Morgan fingerprint density at radius 1 is 1.06 bits per heavy atom. The number of nitrogens with zero attached hydrogens (tertiary/aromatic N) is 2. The quantitative estimate of drug-likeness (QED) is 0.566. The van der Waals surface area contributed by atoms with Gasteiger partial charge < -0.3 is 14.8 Å². The molecule has 2 aromatic rings. The van der Waals surface area contributed by atoms with E-state index < -0.39 is 15.9 Å². The van der Waals surface area contributed by atoms with Gasteiger partial charge in [-0.1, -0.05) is 18.6 Å². The molecular formula is C22H21N3O5S. The second-order valence-electron chi connectivity index (χ2n) is 7.23. The number of sulfonamides is 1. The first kappa shape index (κ1) is 20.9. The van der Waals surface area contributed by atoms with Gasteiger partial charge in [-0.2, -0.15) is 9.57 Å². The molecule has 2 aliphatic heterocycles. The maximum atomic E-state index is 12.9. The average Bonchev–Trinajstić information content (AvgIpc) is 3.26. The Bertz CT molecular complexity index is 1180. The number of rotatable bonds is 5. The molecule has 0 aliphatic carbocycles. The maximum Gasteiger partial charge on any atom is 0.266 e. The summed E-state index contributed by atoms with van der Waals surface area (Å²) >= 11 is 0. The molecule has 8 nitrogen and oxygen atoms in total. The highest BCUT2D eigenvalue weighted by Gasteiger charge is 2.26. The Labute approximate surface area is 180 Å². The van der Waals surface area contributed by atoms with Gasteiger partial charge in [0.05, 0.1) is 4.90 Å². The van der Waals surface area contributed by atoms with Crippen molar-refractivity contribution in [2.24, 2.45) is 0 Å². The first-order valence-electron chi connectivity index (χ1n) is 9.90. The van der Waals surface area contributed by atoms with Crippen LogP contribution in [0.1, 0.15) is 24.8 Å². The number of amides is 1. The topological polar surface area (TPSA) is 109 Å². The molecule has 2 heterocycles. The van der Waals surface area contributed by atoms with Crippen LogP contribution in [0.2, 0.25) is 0 Å². The van der Waals surface area contributed by atoms with Gasteiger partial charge in [-0.3, -0.25) is 4.79 Å². The first-order chi connectivity index (χ1) is 15.0. The summed E-state index contributed by atoms with van der Waals surface area (Å²) < 4.78 is 37.8. The molecule has 31 heavy (non-hydrogen) atoms. The normalized spacial score (nSPS) is 16.5. The van der Waals surface area contributed by atoms with Crippen molar-refractivity contribution in [2.45, 2.75) is 24.2 Å². The second kappa shape index (κ2) is 8.79. The molecule has 1 saturated heterocycles. The smallest absolute Gasteiger partial charge is 0.266 e. The fourth-order valence-electron chi connectivity index (χ4n) is 3.51. The number of nitrogens with one attached hydrogen (secondary N) is 1. The van der Waals surface area contributed by atoms with E-state index in [1.807, 2.05) is 6.07 Å². The van der Waals surface area contributed by atoms with Crippen LogP contribution in [0.5, 0.6) is 11.5 Å². The fraction of sp³-hybridized carbons (Fsp3) is 0.273. The molecule has 2 aromatic carbocycles. The van der Waals surface area contributed by atoms with Crippen molar-refractivity contribution >= 4 is 27.7 Å². The minimum Gasteiger partial charge on any atom is -0.454 e. The van der Waals surface area contributed by atoms with Gasteiger partial charge in [0, 0.05) is 18.8 Å². The van der Waals surface area contributed by atoms with E-state index in [1.165, 1.54) is 22.5 Å². The Morgan fingerprint density at radius 2 is 1.84 bits per heavy atom. The highest BCUT2D eigenvalue weighted by Crippen LogP contribution is 2.33. The van der Waals surface area contributed by atoms with Crippen LogP contribution in [0.4, 0.5) is 5.69 Å². The van der Waals surface area contributed by atoms with Crippen molar-refractivity contribution in [3.8, 4) is 17.6 Å². The zero-order chi connectivity index (χ0) is 21.8. The highest BCUT2D eigenvalue weighted by atomic mass is 32.2. The van der Waals surface area contributed by atoms with Crippen LogP contribution in [-0.2, 0) is 14.8 Å². The number of carbonyl (C=O) groups is 1. The second-order valence-corrected chi connectivity index (χ2v) is 9.17. The minimum atomic E-state index is -3.62. The van der Waals surface area contributed by atoms with E-state index in [2.05, 4.69) is 5.32 Å². The van der Waals surface area contributed by atoms with Gasteiger partial charge >= 0.3 is 0 Å². The third-order valence-electron chi connectivity index (χ3n) is 5.12. The van der Waals surface area contributed by atoms with E-state index in [0.717, 1.165) is 19.3 Å². The molecule has 1 amide bonds. The molecule has 4 rings (SSSR count). The fourth-order valence-corrected chi connectivity index (χ4v) is 5.07. The third-order valence-corrected chi connectivity index (χ3v) is 7.01. The van der Waals surface area contributed by atoms with E-state index >= 15 is 0 Å². The lowest BCUT2D eigenvalue weighted by Crippen LogP contribution is -2.35. The molecule has 1 N–H and O–H groups in total. The number of carbonyl (C=O) groups excluding carboxylic acids is 1. The van der Waals surface area contributed by atoms with Crippen molar-refractivity contribution in [2.75, 3.05) is 25.2 Å². The zero-order valence-corrected chi connectivity index (χ0v) is 17.5. The Morgan fingerprint density at radius 3 is 2.61 bits per heavy atom. The van der Waals surface area contributed by atoms with E-state index in [0.29, 0.717) is 35.8 Å². The highest BCUT2D eigenvalue weighted by molar-refractivity contribution is 7.89. The lowest BCUT2D eigenvalue weighted by molar-refractivity contribution is -0.112. The molecule has 1 fully saturated rings. The van der Waals surface area contributed by atoms with Gasteiger partial charge in [-0.05, 0) is 54.8 Å². The number of nitriles is 1. The zero-order valence-electron chi connectivity index (χ0n) is 16.7. The molecule has 0 atom stereocenters. The van der Waals surface area contributed by atoms with Crippen molar-refractivity contribution in [3.05, 3.63) is 53.6 Å². The molecule has 0 spiro atoms. The molecule has 160 valence electrons. The van der Waals surface area contributed by atoms with E-state index in [9.17, 15) is 18.5 Å². The molecule has 0 saturated carbocycles. The summed E-state index contributed by atoms with van der Waals surface area (Å²) in [5, 5.41) is 12.1. The lowest BCUT2D eigenvalue weighted by Gasteiger charge is -2.26. The summed E-state index contributed by atoms with van der Waals surface area (Å²) in [6.45, 7) is 1.12. The first-order valence-corrected chi connectivity index (χ1v) is 11.3. The van der Waals surface area contributed by atoms with Crippen molar-refractivity contribution in [1.82, 2.24) is 4.31 Å². The van der Waals surface area contributed by atoms with Crippen molar-refractivity contribution in [3.63, 3.8) is 0 Å². The largest absolute Gasteiger partial charge is 0.454 e. The third kappa shape index (κ3) is 4.55. The van der Waals surface area contributed by atoms with Crippen LogP contribution in [0.25, 0.3) is 6.08 Å². The maximum absolute atomic E-state index is 12.9. The monoisotopic (exact) mass is 439 g/mol. The average molecular weight is 439 g/mol. The standard InChI is InChI=1S/C22H21N3O5S/c23-14-17(11-16-7-8-20-21(12-16)30-15-29-20)22(26)24-18-5-4-6-19(13-18)31(27,28)25-9-2-1-3-10-25/h4-8,11-13H,1-3,9-10,15H2,(H,24,26). The molecule has 9 heteroatoms. The summed E-state index contributed by atoms with van der Waals surface area (Å²) in [5.74, 6) is 0.515. The number of hydrogen-bond donors (Lipinski definition) is 1. The van der Waals surface area contributed by atoms with Gasteiger partial charge in [0.25, 0.3) is 5.91 Å². The molecular weight excluding hydrogens is 418 g/mol. The summed E-state index contributed by atoms with van der Waals surface area (Å²) in [7, 11) is -3.62. The Kier molecular flexibility index (Phi) is 5.93. The van der Waals surface area contributed by atoms with Crippen LogP contribution in [0, 0.1) is 11.3 Å². The van der Waals surface area contributed by atoms with Crippen LogP contribution in [0.3, 0.4) is 0 Å². The van der Waals surface area contributed by atoms with Gasteiger partial charge in [-0.15, -0.1) is 0 Å². The Balaban J connectivity index is 1.52. The summed E-state index contributed by atoms with van der Waals surface area (Å²) in [5.41, 5.74) is 0.787. The van der Waals surface area contributed by atoms with Crippen LogP contribution in [0.15, 0.2) is 52.9 Å². The van der Waals surface area contributed by atoms with Crippen LogP contribution in [-0.4, -0.2) is 38.5 Å². The van der Waals surface area contributed by atoms with Gasteiger partial charge in [0.1, 0.15) is 11.6 Å². The van der Waals surface area contributed by atoms with Crippen molar-refractivity contribution in [1.29, 1.82) is 5.26 Å².